The average Bonchev–Trinajstić information content (AvgIpc) is 2.60. The molecule has 0 aromatic heterocycles. The Kier molecular flexibility index (Phi) is 6.90. The van der Waals surface area contributed by atoms with Crippen LogP contribution in [0.15, 0.2) is 42.5 Å². The number of carbonyl (C=O) groups is 1. The van der Waals surface area contributed by atoms with E-state index in [4.69, 9.17) is 4.74 Å². The first kappa shape index (κ1) is 20.4. The highest BCUT2D eigenvalue weighted by Crippen LogP contribution is 2.19. The van der Waals surface area contributed by atoms with E-state index in [1.54, 1.807) is 19.2 Å². The van der Waals surface area contributed by atoms with Crippen molar-refractivity contribution in [3.8, 4) is 5.75 Å². The third kappa shape index (κ3) is 6.07. The van der Waals surface area contributed by atoms with Gasteiger partial charge in [-0.25, -0.2) is 0 Å². The fraction of sp³-hybridized carbons (Fsp3) is 0.350. The number of nitro groups is 1. The summed E-state index contributed by atoms with van der Waals surface area (Å²) in [6.45, 7) is 5.36. The highest BCUT2D eigenvalue weighted by molar-refractivity contribution is 5.94. The number of rotatable bonds is 8. The molecule has 0 fully saturated rings. The van der Waals surface area contributed by atoms with Gasteiger partial charge in [0.05, 0.1) is 11.5 Å². The first-order valence-electron chi connectivity index (χ1n) is 8.67. The summed E-state index contributed by atoms with van der Waals surface area (Å²) in [6, 6.07) is 12.0. The summed E-state index contributed by atoms with van der Waals surface area (Å²) in [4.78, 5) is 26.0. The molecule has 0 radical (unpaired) electrons. The Morgan fingerprint density at radius 2 is 1.67 bits per heavy atom. The number of anilines is 1. The third-order valence-corrected chi connectivity index (χ3v) is 4.16. The fourth-order valence-electron chi connectivity index (χ4n) is 2.69. The zero-order chi connectivity index (χ0) is 20.0. The minimum atomic E-state index is -0.463. The molecule has 0 aliphatic heterocycles. The molecule has 7 heteroatoms. The quantitative estimate of drug-likeness (QED) is 0.526. The van der Waals surface area contributed by atoms with Crippen molar-refractivity contribution in [2.75, 3.05) is 38.7 Å². The predicted molar refractivity (Wildman–Crippen MR) is 105 cm³/mol. The van der Waals surface area contributed by atoms with E-state index in [-0.39, 0.29) is 18.1 Å². The maximum atomic E-state index is 12.4. The molecule has 0 aliphatic rings. The van der Waals surface area contributed by atoms with E-state index in [0.717, 1.165) is 16.9 Å². The molecule has 0 N–H and O–H groups in total. The molecule has 0 saturated carbocycles. The molecule has 0 bridgehead atoms. The van der Waals surface area contributed by atoms with Crippen LogP contribution < -0.4 is 9.64 Å². The van der Waals surface area contributed by atoms with Gasteiger partial charge < -0.3 is 9.64 Å². The molecule has 0 atom stereocenters. The number of non-ortho nitro benzene ring substituents is 1. The minimum absolute atomic E-state index is 0.000233. The Hall–Kier alpha value is -2.93. The summed E-state index contributed by atoms with van der Waals surface area (Å²) in [7, 11) is 3.51. The zero-order valence-corrected chi connectivity index (χ0v) is 16.1. The molecule has 2 aromatic carbocycles. The lowest BCUT2D eigenvalue weighted by Gasteiger charge is -2.22. The minimum Gasteiger partial charge on any atom is -0.492 e. The summed E-state index contributed by atoms with van der Waals surface area (Å²) >= 11 is 0. The molecule has 0 aliphatic carbocycles. The number of likely N-dealkylation sites (N-methyl/N-ethyl adjacent to an activating group) is 2. The van der Waals surface area contributed by atoms with Gasteiger partial charge in [0, 0.05) is 31.4 Å². The lowest BCUT2D eigenvalue weighted by molar-refractivity contribution is -0.384. The van der Waals surface area contributed by atoms with Gasteiger partial charge >= 0.3 is 0 Å². The second kappa shape index (κ2) is 9.14. The smallest absolute Gasteiger partial charge is 0.269 e. The molecule has 2 aromatic rings. The standard InChI is InChI=1S/C20H25N3O4/c1-15-11-16(2)13-19(12-15)27-10-9-21(3)14-20(24)22(4)17-5-7-18(8-6-17)23(25)26/h5-8,11-13H,9-10,14H2,1-4H3. The predicted octanol–water partition coefficient (Wildman–Crippen LogP) is 3.19. The number of carbonyl (C=O) groups excluding carboxylic acids is 1. The number of nitro benzene ring substituents is 1. The fourth-order valence-corrected chi connectivity index (χ4v) is 2.69. The van der Waals surface area contributed by atoms with E-state index in [9.17, 15) is 14.9 Å². The second-order valence-corrected chi connectivity index (χ2v) is 6.64. The van der Waals surface area contributed by atoms with Crippen LogP contribution in [0.5, 0.6) is 5.75 Å². The van der Waals surface area contributed by atoms with Gasteiger partial charge in [-0.05, 0) is 56.3 Å². The Morgan fingerprint density at radius 1 is 1.07 bits per heavy atom. The lowest BCUT2D eigenvalue weighted by atomic mass is 10.1. The van der Waals surface area contributed by atoms with Gasteiger partial charge in [0.2, 0.25) is 5.91 Å². The monoisotopic (exact) mass is 371 g/mol. The van der Waals surface area contributed by atoms with E-state index in [2.05, 4.69) is 6.07 Å². The summed E-state index contributed by atoms with van der Waals surface area (Å²) < 4.78 is 5.77. The summed E-state index contributed by atoms with van der Waals surface area (Å²) in [5, 5.41) is 10.7. The number of hydrogen-bond donors (Lipinski definition) is 0. The van der Waals surface area contributed by atoms with Crippen LogP contribution in [0.4, 0.5) is 11.4 Å². The number of benzene rings is 2. The van der Waals surface area contributed by atoms with Crippen LogP contribution in [0.2, 0.25) is 0 Å². The Labute approximate surface area is 159 Å². The molecule has 0 saturated heterocycles. The first-order chi connectivity index (χ1) is 12.8. The van der Waals surface area contributed by atoms with E-state index < -0.39 is 4.92 Å². The van der Waals surface area contributed by atoms with E-state index >= 15 is 0 Å². The van der Waals surface area contributed by atoms with Gasteiger partial charge in [-0.15, -0.1) is 0 Å². The van der Waals surface area contributed by atoms with Crippen molar-refractivity contribution in [2.24, 2.45) is 0 Å². The van der Waals surface area contributed by atoms with Crippen LogP contribution in [0.1, 0.15) is 11.1 Å². The Bertz CT molecular complexity index is 785. The maximum Gasteiger partial charge on any atom is 0.269 e. The van der Waals surface area contributed by atoms with Crippen molar-refractivity contribution in [3.05, 3.63) is 63.7 Å². The lowest BCUT2D eigenvalue weighted by Crippen LogP contribution is -2.38. The van der Waals surface area contributed by atoms with Gasteiger partial charge in [0.15, 0.2) is 0 Å². The van der Waals surface area contributed by atoms with Gasteiger partial charge in [-0.2, -0.15) is 0 Å². The van der Waals surface area contributed by atoms with Crippen LogP contribution in [-0.2, 0) is 4.79 Å². The molecule has 1 amide bonds. The van der Waals surface area contributed by atoms with E-state index in [0.29, 0.717) is 18.8 Å². The zero-order valence-electron chi connectivity index (χ0n) is 16.1. The highest BCUT2D eigenvalue weighted by Gasteiger charge is 2.15. The van der Waals surface area contributed by atoms with Crippen molar-refractivity contribution < 1.29 is 14.5 Å². The molecule has 2 rings (SSSR count). The molecular weight excluding hydrogens is 346 g/mol. The van der Waals surface area contributed by atoms with Crippen molar-refractivity contribution in [3.63, 3.8) is 0 Å². The molecule has 0 heterocycles. The normalized spacial score (nSPS) is 10.7. The molecule has 144 valence electrons. The van der Waals surface area contributed by atoms with Crippen LogP contribution in [0, 0.1) is 24.0 Å². The van der Waals surface area contributed by atoms with Crippen molar-refractivity contribution in [1.82, 2.24) is 4.90 Å². The van der Waals surface area contributed by atoms with Gasteiger partial charge in [0.1, 0.15) is 12.4 Å². The number of nitrogens with zero attached hydrogens (tertiary/aromatic N) is 3. The molecule has 0 spiro atoms. The maximum absolute atomic E-state index is 12.4. The summed E-state index contributed by atoms with van der Waals surface area (Å²) in [6.07, 6.45) is 0. The molecule has 0 unspecified atom stereocenters. The highest BCUT2D eigenvalue weighted by atomic mass is 16.6. The summed E-state index contributed by atoms with van der Waals surface area (Å²) in [5.41, 5.74) is 2.92. The first-order valence-corrected chi connectivity index (χ1v) is 8.67. The SMILES string of the molecule is Cc1cc(C)cc(OCCN(C)CC(=O)N(C)c2ccc([N+](=O)[O-])cc2)c1. The van der Waals surface area contributed by atoms with Gasteiger partial charge in [-0.1, -0.05) is 6.07 Å². The summed E-state index contributed by atoms with van der Waals surface area (Å²) in [5.74, 6) is 0.730. The van der Waals surface area contributed by atoms with Crippen LogP contribution in [-0.4, -0.2) is 49.5 Å². The number of aryl methyl sites for hydroxylation is 2. The Morgan fingerprint density at radius 3 is 2.22 bits per heavy atom. The largest absolute Gasteiger partial charge is 0.492 e. The molecule has 27 heavy (non-hydrogen) atoms. The van der Waals surface area contributed by atoms with Gasteiger partial charge in [-0.3, -0.25) is 19.8 Å². The molecule has 7 nitrogen and oxygen atoms in total. The third-order valence-electron chi connectivity index (χ3n) is 4.16. The van der Waals surface area contributed by atoms with E-state index in [1.807, 2.05) is 37.9 Å². The van der Waals surface area contributed by atoms with Crippen LogP contribution >= 0.6 is 0 Å². The number of hydrogen-bond acceptors (Lipinski definition) is 5. The Balaban J connectivity index is 1.82. The average molecular weight is 371 g/mol. The van der Waals surface area contributed by atoms with Crippen LogP contribution in [0.3, 0.4) is 0 Å². The van der Waals surface area contributed by atoms with Crippen LogP contribution in [0.25, 0.3) is 0 Å². The topological polar surface area (TPSA) is 75.9 Å². The molecular formula is C20H25N3O4. The van der Waals surface area contributed by atoms with Crippen molar-refractivity contribution in [1.29, 1.82) is 0 Å². The van der Waals surface area contributed by atoms with Crippen molar-refractivity contribution in [2.45, 2.75) is 13.8 Å². The van der Waals surface area contributed by atoms with Crippen molar-refractivity contribution >= 4 is 17.3 Å². The number of amides is 1. The van der Waals surface area contributed by atoms with Gasteiger partial charge in [0.25, 0.3) is 5.69 Å². The van der Waals surface area contributed by atoms with E-state index in [1.165, 1.54) is 17.0 Å². The number of ether oxygens (including phenoxy) is 1. The second-order valence-electron chi connectivity index (χ2n) is 6.64.